The van der Waals surface area contributed by atoms with Crippen LogP contribution in [0.15, 0.2) is 42.5 Å². The van der Waals surface area contributed by atoms with E-state index >= 15 is 0 Å². The van der Waals surface area contributed by atoms with Gasteiger partial charge in [-0.2, -0.15) is 0 Å². The number of hydrogen-bond acceptors (Lipinski definition) is 4. The first-order valence-corrected chi connectivity index (χ1v) is 9.35. The van der Waals surface area contributed by atoms with E-state index in [1.807, 2.05) is 0 Å². The number of carbonyl (C=O) groups is 3. The standard InChI is InChI=1S/C21H22ClFN2O4/c1-12(2)19(25-20(27)14-7-4-5-9-16(14)23)21(28)29-11-18(26)24-17-10-6-8-15(22)13(17)3/h4-10,12,19H,11H2,1-3H3,(H,24,26)(H,25,27)/t19-/m0/s1. The van der Waals surface area contributed by atoms with Gasteiger partial charge in [0.1, 0.15) is 11.9 Å². The maximum atomic E-state index is 13.8. The second-order valence-corrected chi connectivity index (χ2v) is 7.15. The molecule has 0 heterocycles. The lowest BCUT2D eigenvalue weighted by atomic mass is 10.0. The summed E-state index contributed by atoms with van der Waals surface area (Å²) < 4.78 is 18.8. The van der Waals surface area contributed by atoms with Gasteiger partial charge in [0.15, 0.2) is 6.61 Å². The van der Waals surface area contributed by atoms with E-state index in [-0.39, 0.29) is 11.5 Å². The minimum Gasteiger partial charge on any atom is -0.454 e. The third kappa shape index (κ3) is 6.02. The summed E-state index contributed by atoms with van der Waals surface area (Å²) in [6.45, 7) is 4.60. The number of nitrogens with one attached hydrogen (secondary N) is 2. The van der Waals surface area contributed by atoms with Crippen LogP contribution in [0, 0.1) is 18.7 Å². The van der Waals surface area contributed by atoms with Crippen molar-refractivity contribution in [1.82, 2.24) is 5.32 Å². The smallest absolute Gasteiger partial charge is 0.329 e. The van der Waals surface area contributed by atoms with Gasteiger partial charge >= 0.3 is 5.97 Å². The molecule has 1 atom stereocenters. The lowest BCUT2D eigenvalue weighted by Gasteiger charge is -2.21. The average molecular weight is 421 g/mol. The Kier molecular flexibility index (Phi) is 7.73. The van der Waals surface area contributed by atoms with Gasteiger partial charge in [-0.3, -0.25) is 9.59 Å². The highest BCUT2D eigenvalue weighted by molar-refractivity contribution is 6.31. The molecule has 6 nitrogen and oxygen atoms in total. The first kappa shape index (κ1) is 22.4. The predicted molar refractivity (Wildman–Crippen MR) is 108 cm³/mol. The van der Waals surface area contributed by atoms with E-state index < -0.39 is 36.2 Å². The summed E-state index contributed by atoms with van der Waals surface area (Å²) in [6, 6.07) is 9.45. The quantitative estimate of drug-likeness (QED) is 0.668. The Morgan fingerprint density at radius 1 is 1.10 bits per heavy atom. The van der Waals surface area contributed by atoms with Crippen LogP contribution in [0.2, 0.25) is 5.02 Å². The Labute approximate surface area is 173 Å². The van der Waals surface area contributed by atoms with Crippen LogP contribution in [0.5, 0.6) is 0 Å². The predicted octanol–water partition coefficient (Wildman–Crippen LogP) is 3.72. The van der Waals surface area contributed by atoms with Gasteiger partial charge in [-0.15, -0.1) is 0 Å². The maximum absolute atomic E-state index is 13.8. The lowest BCUT2D eigenvalue weighted by Crippen LogP contribution is -2.46. The first-order valence-electron chi connectivity index (χ1n) is 8.97. The van der Waals surface area contributed by atoms with E-state index in [0.717, 1.165) is 6.07 Å². The summed E-state index contributed by atoms with van der Waals surface area (Å²) in [5.74, 6) is -3.11. The molecule has 0 radical (unpaired) electrons. The van der Waals surface area contributed by atoms with Gasteiger partial charge in [0.05, 0.1) is 5.56 Å². The van der Waals surface area contributed by atoms with Crippen molar-refractivity contribution < 1.29 is 23.5 Å². The molecule has 0 aliphatic rings. The van der Waals surface area contributed by atoms with Crippen molar-refractivity contribution in [2.75, 3.05) is 11.9 Å². The molecule has 0 spiro atoms. The van der Waals surface area contributed by atoms with E-state index in [4.69, 9.17) is 16.3 Å². The second-order valence-electron chi connectivity index (χ2n) is 6.74. The Morgan fingerprint density at radius 3 is 2.45 bits per heavy atom. The molecule has 0 aliphatic carbocycles. The molecule has 2 amide bonds. The Bertz CT molecular complexity index is 917. The molecule has 2 N–H and O–H groups in total. The van der Waals surface area contributed by atoms with Crippen LogP contribution in [0.1, 0.15) is 29.8 Å². The monoisotopic (exact) mass is 420 g/mol. The maximum Gasteiger partial charge on any atom is 0.329 e. The first-order chi connectivity index (χ1) is 13.7. The molecule has 8 heteroatoms. The van der Waals surface area contributed by atoms with Gasteiger partial charge in [0, 0.05) is 10.7 Å². The molecule has 0 saturated heterocycles. The van der Waals surface area contributed by atoms with Crippen molar-refractivity contribution in [2.45, 2.75) is 26.8 Å². The molecular formula is C21H22ClFN2O4. The number of rotatable bonds is 7. The van der Waals surface area contributed by atoms with E-state index in [2.05, 4.69) is 10.6 Å². The topological polar surface area (TPSA) is 84.5 Å². The number of hydrogen-bond donors (Lipinski definition) is 2. The van der Waals surface area contributed by atoms with Gasteiger partial charge in [0.2, 0.25) is 0 Å². The minimum atomic E-state index is -1.04. The van der Waals surface area contributed by atoms with Crippen molar-refractivity contribution >= 4 is 35.1 Å². The largest absolute Gasteiger partial charge is 0.454 e. The van der Waals surface area contributed by atoms with Crippen molar-refractivity contribution in [3.8, 4) is 0 Å². The molecule has 0 bridgehead atoms. The van der Waals surface area contributed by atoms with Crippen LogP contribution in [0.3, 0.4) is 0 Å². The molecule has 2 aromatic rings. The highest BCUT2D eigenvalue weighted by Crippen LogP contribution is 2.22. The Balaban J connectivity index is 1.97. The van der Waals surface area contributed by atoms with Crippen molar-refractivity contribution in [3.05, 3.63) is 64.4 Å². The van der Waals surface area contributed by atoms with Gasteiger partial charge in [-0.25, -0.2) is 9.18 Å². The summed E-state index contributed by atoms with van der Waals surface area (Å²) >= 11 is 6.01. The zero-order valence-corrected chi connectivity index (χ0v) is 17.0. The number of ether oxygens (including phenoxy) is 1. The molecule has 0 fully saturated rings. The summed E-state index contributed by atoms with van der Waals surface area (Å²) in [6.07, 6.45) is 0. The van der Waals surface area contributed by atoms with E-state index in [9.17, 15) is 18.8 Å². The van der Waals surface area contributed by atoms with Crippen LogP contribution < -0.4 is 10.6 Å². The summed E-state index contributed by atoms with van der Waals surface area (Å²) in [5.41, 5.74) is 1.01. The van der Waals surface area contributed by atoms with Crippen LogP contribution in [0.4, 0.5) is 10.1 Å². The molecule has 154 valence electrons. The lowest BCUT2D eigenvalue weighted by molar-refractivity contribution is -0.150. The average Bonchev–Trinajstić information content (AvgIpc) is 2.67. The number of esters is 1. The van der Waals surface area contributed by atoms with E-state index in [1.165, 1.54) is 18.2 Å². The zero-order chi connectivity index (χ0) is 21.6. The molecule has 2 aromatic carbocycles. The summed E-state index contributed by atoms with van der Waals surface area (Å²) in [7, 11) is 0. The number of anilines is 1. The Hall–Kier alpha value is -2.93. The molecule has 0 saturated carbocycles. The fraction of sp³-hybridized carbons (Fsp3) is 0.286. The molecule has 2 rings (SSSR count). The Morgan fingerprint density at radius 2 is 1.79 bits per heavy atom. The third-order valence-electron chi connectivity index (χ3n) is 4.21. The van der Waals surface area contributed by atoms with Crippen molar-refractivity contribution in [3.63, 3.8) is 0 Å². The SMILES string of the molecule is Cc1c(Cl)cccc1NC(=O)COC(=O)[C@@H](NC(=O)c1ccccc1F)C(C)C. The number of carbonyl (C=O) groups excluding carboxylic acids is 3. The van der Waals surface area contributed by atoms with Gasteiger partial charge in [-0.1, -0.05) is 43.6 Å². The number of benzene rings is 2. The molecular weight excluding hydrogens is 399 g/mol. The fourth-order valence-corrected chi connectivity index (χ4v) is 2.69. The molecule has 0 unspecified atom stereocenters. The van der Waals surface area contributed by atoms with Crippen LogP contribution >= 0.6 is 11.6 Å². The van der Waals surface area contributed by atoms with E-state index in [0.29, 0.717) is 16.3 Å². The van der Waals surface area contributed by atoms with E-state index in [1.54, 1.807) is 39.0 Å². The van der Waals surface area contributed by atoms with Crippen LogP contribution in [-0.2, 0) is 14.3 Å². The molecule has 0 aliphatic heterocycles. The summed E-state index contributed by atoms with van der Waals surface area (Å²) in [5, 5.41) is 5.57. The van der Waals surface area contributed by atoms with Gasteiger partial charge in [0.25, 0.3) is 11.8 Å². The highest BCUT2D eigenvalue weighted by Gasteiger charge is 2.27. The van der Waals surface area contributed by atoms with Gasteiger partial charge in [-0.05, 0) is 42.7 Å². The zero-order valence-electron chi connectivity index (χ0n) is 16.3. The van der Waals surface area contributed by atoms with Crippen molar-refractivity contribution in [1.29, 1.82) is 0 Å². The normalized spacial score (nSPS) is 11.7. The molecule has 29 heavy (non-hydrogen) atoms. The fourth-order valence-electron chi connectivity index (χ4n) is 2.52. The van der Waals surface area contributed by atoms with Gasteiger partial charge < -0.3 is 15.4 Å². The highest BCUT2D eigenvalue weighted by atomic mass is 35.5. The van der Waals surface area contributed by atoms with Crippen LogP contribution in [-0.4, -0.2) is 30.4 Å². The van der Waals surface area contributed by atoms with Crippen molar-refractivity contribution in [2.24, 2.45) is 5.92 Å². The van der Waals surface area contributed by atoms with Crippen LogP contribution in [0.25, 0.3) is 0 Å². The second kappa shape index (κ2) is 10.0. The number of halogens is 2. The third-order valence-corrected chi connectivity index (χ3v) is 4.62. The molecule has 0 aromatic heterocycles. The minimum absolute atomic E-state index is 0.180. The number of amides is 2. The summed E-state index contributed by atoms with van der Waals surface area (Å²) in [4.78, 5) is 36.8.